The summed E-state index contributed by atoms with van der Waals surface area (Å²) in [6, 6.07) is 20.8. The molecule has 0 amide bonds. The summed E-state index contributed by atoms with van der Waals surface area (Å²) >= 11 is 6.77. The third kappa shape index (κ3) is 5.65. The van der Waals surface area contributed by atoms with Crippen molar-refractivity contribution in [3.63, 3.8) is 0 Å². The van der Waals surface area contributed by atoms with Gasteiger partial charge in [0.2, 0.25) is 5.95 Å². The number of anilines is 2. The average molecular weight is 590 g/mol. The molecule has 2 atom stereocenters. The molecule has 2 radical (unpaired) electrons. The van der Waals surface area contributed by atoms with Crippen LogP contribution in [0.2, 0.25) is 5.02 Å². The molecule has 12 heteroatoms. The zero-order valence-electron chi connectivity index (χ0n) is 23.0. The van der Waals surface area contributed by atoms with Gasteiger partial charge in [-0.1, -0.05) is 48.0 Å². The normalized spacial score (nSPS) is 16.4. The first-order valence-electron chi connectivity index (χ1n) is 13.8. The lowest BCUT2D eigenvalue weighted by Gasteiger charge is -2.34. The first kappa shape index (κ1) is 28.3. The minimum Gasteiger partial charge on any atom is -0.378 e. The van der Waals surface area contributed by atoms with E-state index in [1.165, 1.54) is 12.4 Å². The molecule has 0 saturated heterocycles. The fourth-order valence-electron chi connectivity index (χ4n) is 5.23. The van der Waals surface area contributed by atoms with E-state index in [0.717, 1.165) is 18.4 Å². The summed E-state index contributed by atoms with van der Waals surface area (Å²) in [5, 5.41) is 28.9. The van der Waals surface area contributed by atoms with Crippen LogP contribution in [0.4, 0.5) is 15.8 Å². The number of hydrogen-bond acceptors (Lipinski definition) is 9. The average Bonchev–Trinajstić information content (AvgIpc) is 3.75. The molecular weight excluding hydrogens is 564 g/mol. The van der Waals surface area contributed by atoms with Crippen LogP contribution in [0.1, 0.15) is 48.4 Å². The molecule has 4 aromatic rings. The summed E-state index contributed by atoms with van der Waals surface area (Å²) in [7, 11) is 6.99. The maximum atomic E-state index is 15.2. The minimum atomic E-state index is -1.58. The Morgan fingerprint density at radius 3 is 2.70 bits per heavy atom. The van der Waals surface area contributed by atoms with Gasteiger partial charge in [0.15, 0.2) is 0 Å². The Balaban J connectivity index is 1.45. The number of hydrazine groups is 2. The molecule has 43 heavy (non-hydrogen) atoms. The van der Waals surface area contributed by atoms with E-state index in [1.807, 2.05) is 41.5 Å². The van der Waals surface area contributed by atoms with E-state index in [1.54, 1.807) is 24.3 Å². The number of pyridine rings is 2. The van der Waals surface area contributed by atoms with Gasteiger partial charge in [0.05, 0.1) is 45.0 Å². The molecule has 1 fully saturated rings. The van der Waals surface area contributed by atoms with Crippen LogP contribution in [0.5, 0.6) is 0 Å². The molecule has 3 heterocycles. The number of benzene rings is 2. The summed E-state index contributed by atoms with van der Waals surface area (Å²) in [5.74, 6) is -0.726. The van der Waals surface area contributed by atoms with Crippen LogP contribution >= 0.6 is 11.6 Å². The lowest BCUT2D eigenvalue weighted by Crippen LogP contribution is -2.46. The standard InChI is InChI=1S/C31H26BClFN9/c32-31(24-8-5-13-37-30(24)34,27-18-43(42-41-27)22-10-11-22)40-21-14-23-28(20(16-36)17-38-29(23)25(33)15-21)39-26(9-4-12-35)19-6-2-1-3-7-19/h1-3,5-8,13-15,17-18,22,26,40-42H,4,9-11H2,(H,38,39)/t26-,31+/m1/s1. The molecule has 1 aliphatic carbocycles. The second kappa shape index (κ2) is 11.8. The van der Waals surface area contributed by atoms with E-state index >= 15 is 4.39 Å². The Morgan fingerprint density at radius 1 is 1.16 bits per heavy atom. The molecule has 2 aliphatic rings. The van der Waals surface area contributed by atoms with Crippen molar-refractivity contribution in [3.8, 4) is 12.1 Å². The molecule has 0 unspecified atom stereocenters. The number of hydrogen-bond donors (Lipinski definition) is 4. The molecule has 1 aliphatic heterocycles. The molecule has 2 aromatic heterocycles. The Hall–Kier alpha value is -4.84. The van der Waals surface area contributed by atoms with Crippen molar-refractivity contribution >= 4 is 41.7 Å². The Morgan fingerprint density at radius 2 is 1.98 bits per heavy atom. The molecule has 2 aromatic carbocycles. The first-order valence-corrected chi connectivity index (χ1v) is 14.2. The van der Waals surface area contributed by atoms with Gasteiger partial charge in [-0.2, -0.15) is 14.9 Å². The van der Waals surface area contributed by atoms with Crippen molar-refractivity contribution in [1.29, 1.82) is 10.5 Å². The largest absolute Gasteiger partial charge is 0.378 e. The Bertz CT molecular complexity index is 1780. The number of nitrogens with one attached hydrogen (secondary N) is 4. The van der Waals surface area contributed by atoms with E-state index in [2.05, 4.69) is 43.7 Å². The van der Waals surface area contributed by atoms with Crippen LogP contribution in [-0.4, -0.2) is 28.9 Å². The molecule has 0 spiro atoms. The maximum absolute atomic E-state index is 15.2. The predicted octanol–water partition coefficient (Wildman–Crippen LogP) is 5.51. The van der Waals surface area contributed by atoms with Crippen molar-refractivity contribution in [3.05, 3.63) is 107 Å². The van der Waals surface area contributed by atoms with Gasteiger partial charge in [-0.3, -0.25) is 9.99 Å². The fraction of sp³-hybridized carbons (Fsp3) is 0.226. The molecule has 4 N–H and O–H groups in total. The van der Waals surface area contributed by atoms with Gasteiger partial charge < -0.3 is 16.1 Å². The lowest BCUT2D eigenvalue weighted by atomic mass is 9.70. The van der Waals surface area contributed by atoms with Crippen LogP contribution in [0.15, 0.2) is 78.9 Å². The second-order valence-electron chi connectivity index (χ2n) is 10.5. The summed E-state index contributed by atoms with van der Waals surface area (Å²) in [6.07, 6.45) is 7.55. The number of nitrogens with zero attached hydrogens (tertiary/aromatic N) is 5. The van der Waals surface area contributed by atoms with Gasteiger partial charge in [-0.25, -0.2) is 4.98 Å². The number of fused-ring (bicyclic) bond motifs is 1. The van der Waals surface area contributed by atoms with Gasteiger partial charge in [-0.15, -0.1) is 5.53 Å². The molecule has 0 bridgehead atoms. The van der Waals surface area contributed by atoms with E-state index in [-0.39, 0.29) is 11.6 Å². The SMILES string of the molecule is [B][C@@](Nc1cc(Cl)c2ncc(C#N)c(N[C@H](CCC#N)c3ccccc3)c2c1)(C1=CN(C2CC2)NN1)c1cccnc1F. The summed E-state index contributed by atoms with van der Waals surface area (Å²) in [6.45, 7) is 0. The number of halogens is 2. The molecule has 212 valence electrons. The smallest absolute Gasteiger partial charge is 0.217 e. The highest BCUT2D eigenvalue weighted by molar-refractivity contribution is 6.36. The van der Waals surface area contributed by atoms with Gasteiger partial charge in [0.25, 0.3) is 0 Å². The molecular formula is C31H26BClFN9. The number of rotatable bonds is 10. The van der Waals surface area contributed by atoms with E-state index < -0.39 is 11.4 Å². The topological polar surface area (TPSA) is 125 Å². The maximum Gasteiger partial charge on any atom is 0.217 e. The quantitative estimate of drug-likeness (QED) is 0.140. The highest BCUT2D eigenvalue weighted by Gasteiger charge is 2.39. The van der Waals surface area contributed by atoms with E-state index in [0.29, 0.717) is 57.4 Å². The highest BCUT2D eigenvalue weighted by Crippen LogP contribution is 2.39. The van der Waals surface area contributed by atoms with Gasteiger partial charge >= 0.3 is 0 Å². The lowest BCUT2D eigenvalue weighted by molar-refractivity contribution is 0.260. The number of nitriles is 2. The van der Waals surface area contributed by atoms with E-state index in [9.17, 15) is 10.5 Å². The predicted molar refractivity (Wildman–Crippen MR) is 164 cm³/mol. The summed E-state index contributed by atoms with van der Waals surface area (Å²) in [4.78, 5) is 8.30. The van der Waals surface area contributed by atoms with Crippen molar-refractivity contribution in [2.24, 2.45) is 0 Å². The van der Waals surface area contributed by atoms with Crippen LogP contribution in [-0.2, 0) is 5.44 Å². The molecule has 1 saturated carbocycles. The van der Waals surface area contributed by atoms with Crippen molar-refractivity contribution in [1.82, 2.24) is 25.9 Å². The van der Waals surface area contributed by atoms with Gasteiger partial charge in [0, 0.05) is 47.7 Å². The van der Waals surface area contributed by atoms with Crippen LogP contribution < -0.4 is 21.6 Å². The Kier molecular flexibility index (Phi) is 7.77. The molecule has 6 rings (SSSR count). The van der Waals surface area contributed by atoms with Crippen LogP contribution in [0, 0.1) is 28.6 Å². The first-order chi connectivity index (χ1) is 20.9. The van der Waals surface area contributed by atoms with Crippen molar-refractivity contribution in [2.45, 2.75) is 43.2 Å². The highest BCUT2D eigenvalue weighted by atomic mass is 35.5. The van der Waals surface area contributed by atoms with Crippen molar-refractivity contribution in [2.75, 3.05) is 10.6 Å². The van der Waals surface area contributed by atoms with Gasteiger partial charge in [0.1, 0.15) is 13.9 Å². The second-order valence-corrected chi connectivity index (χ2v) is 10.9. The number of aromatic nitrogens is 2. The van der Waals surface area contributed by atoms with Crippen LogP contribution in [0.25, 0.3) is 10.9 Å². The summed E-state index contributed by atoms with van der Waals surface area (Å²) in [5.41, 5.74) is 7.90. The molecule has 9 nitrogen and oxygen atoms in total. The summed E-state index contributed by atoms with van der Waals surface area (Å²) < 4.78 is 15.2. The van der Waals surface area contributed by atoms with Gasteiger partial charge in [-0.05, 0) is 43.0 Å². The third-order valence-electron chi connectivity index (χ3n) is 7.59. The fourth-order valence-corrected chi connectivity index (χ4v) is 5.50. The third-order valence-corrected chi connectivity index (χ3v) is 7.88. The zero-order chi connectivity index (χ0) is 30.0. The Labute approximate surface area is 254 Å². The van der Waals surface area contributed by atoms with Crippen LogP contribution in [0.3, 0.4) is 0 Å². The van der Waals surface area contributed by atoms with Crippen molar-refractivity contribution < 1.29 is 4.39 Å². The van der Waals surface area contributed by atoms with E-state index in [4.69, 9.17) is 19.4 Å². The monoisotopic (exact) mass is 589 g/mol. The minimum absolute atomic E-state index is 0.118. The zero-order valence-corrected chi connectivity index (χ0v) is 23.7.